The van der Waals surface area contributed by atoms with Gasteiger partial charge in [-0.25, -0.2) is 9.37 Å². The van der Waals surface area contributed by atoms with E-state index in [1.165, 1.54) is 34.4 Å². The van der Waals surface area contributed by atoms with Crippen LogP contribution in [0.2, 0.25) is 0 Å². The highest BCUT2D eigenvalue weighted by molar-refractivity contribution is 7.14. The lowest BCUT2D eigenvalue weighted by molar-refractivity contribution is -0.120. The molecule has 19 heavy (non-hydrogen) atoms. The Labute approximate surface area is 114 Å². The van der Waals surface area contributed by atoms with Crippen molar-refractivity contribution < 1.29 is 13.9 Å². The molecule has 0 saturated heterocycles. The number of thiazole rings is 1. The number of benzene rings is 1. The first kappa shape index (κ1) is 13.5. The summed E-state index contributed by atoms with van der Waals surface area (Å²) in [4.78, 5) is 17.5. The van der Waals surface area contributed by atoms with Gasteiger partial charge in [0.15, 0.2) is 11.7 Å². The SMILES string of the molecule is Cc1csc(N(C)C(=O)COc2cccc(F)c2)n1. The molecule has 2 rings (SSSR count). The van der Waals surface area contributed by atoms with E-state index in [9.17, 15) is 9.18 Å². The standard InChI is InChI=1S/C13H13FN2O2S/c1-9-8-19-13(15-9)16(2)12(17)7-18-11-5-3-4-10(14)6-11/h3-6,8H,7H2,1-2H3. The number of aromatic nitrogens is 1. The van der Waals surface area contributed by atoms with Gasteiger partial charge >= 0.3 is 0 Å². The number of halogens is 1. The van der Waals surface area contributed by atoms with Gasteiger partial charge in [0.1, 0.15) is 11.6 Å². The lowest BCUT2D eigenvalue weighted by atomic mass is 10.3. The van der Waals surface area contributed by atoms with Crippen molar-refractivity contribution in [3.63, 3.8) is 0 Å². The van der Waals surface area contributed by atoms with E-state index in [-0.39, 0.29) is 12.5 Å². The van der Waals surface area contributed by atoms with Gasteiger partial charge in [-0.3, -0.25) is 9.69 Å². The molecule has 0 fully saturated rings. The van der Waals surface area contributed by atoms with Crippen LogP contribution in [-0.4, -0.2) is 24.5 Å². The number of likely N-dealkylation sites (N-methyl/N-ethyl adjacent to an activating group) is 1. The maximum atomic E-state index is 12.9. The summed E-state index contributed by atoms with van der Waals surface area (Å²) in [6.07, 6.45) is 0. The molecule has 0 bridgehead atoms. The van der Waals surface area contributed by atoms with Crippen molar-refractivity contribution in [3.8, 4) is 5.75 Å². The summed E-state index contributed by atoms with van der Waals surface area (Å²) in [7, 11) is 1.63. The summed E-state index contributed by atoms with van der Waals surface area (Å²) in [5.74, 6) is -0.301. The lowest BCUT2D eigenvalue weighted by Crippen LogP contribution is -2.31. The average Bonchev–Trinajstić information content (AvgIpc) is 2.82. The second-order valence-electron chi connectivity index (χ2n) is 3.97. The molecule has 0 aliphatic heterocycles. The zero-order valence-corrected chi connectivity index (χ0v) is 11.4. The molecule has 6 heteroatoms. The number of aryl methyl sites for hydroxylation is 1. The number of amides is 1. The molecule has 1 aromatic carbocycles. The third-order valence-corrected chi connectivity index (χ3v) is 3.46. The minimum atomic E-state index is -0.395. The van der Waals surface area contributed by atoms with Crippen molar-refractivity contribution in [2.24, 2.45) is 0 Å². The van der Waals surface area contributed by atoms with E-state index >= 15 is 0 Å². The summed E-state index contributed by atoms with van der Waals surface area (Å²) >= 11 is 1.39. The van der Waals surface area contributed by atoms with E-state index in [0.717, 1.165) is 5.69 Å². The van der Waals surface area contributed by atoms with E-state index in [0.29, 0.717) is 10.9 Å². The topological polar surface area (TPSA) is 42.4 Å². The number of carbonyl (C=O) groups is 1. The van der Waals surface area contributed by atoms with Crippen LogP contribution < -0.4 is 9.64 Å². The van der Waals surface area contributed by atoms with Crippen molar-refractivity contribution in [2.45, 2.75) is 6.92 Å². The van der Waals surface area contributed by atoms with Crippen molar-refractivity contribution in [1.82, 2.24) is 4.98 Å². The molecule has 0 N–H and O–H groups in total. The number of carbonyl (C=O) groups excluding carboxylic acids is 1. The van der Waals surface area contributed by atoms with Crippen LogP contribution in [0, 0.1) is 12.7 Å². The number of hydrogen-bond acceptors (Lipinski definition) is 4. The van der Waals surface area contributed by atoms with Crippen LogP contribution in [0.25, 0.3) is 0 Å². The van der Waals surface area contributed by atoms with Crippen molar-refractivity contribution >= 4 is 22.4 Å². The number of anilines is 1. The van der Waals surface area contributed by atoms with Crippen molar-refractivity contribution in [3.05, 3.63) is 41.2 Å². The van der Waals surface area contributed by atoms with Gasteiger partial charge in [0.2, 0.25) is 0 Å². The molecule has 2 aromatic rings. The number of nitrogens with zero attached hydrogens (tertiary/aromatic N) is 2. The quantitative estimate of drug-likeness (QED) is 0.864. The van der Waals surface area contributed by atoms with E-state index in [4.69, 9.17) is 4.74 Å². The normalized spacial score (nSPS) is 10.3. The van der Waals surface area contributed by atoms with Gasteiger partial charge in [0, 0.05) is 18.5 Å². The van der Waals surface area contributed by atoms with E-state index < -0.39 is 5.82 Å². The van der Waals surface area contributed by atoms with E-state index in [2.05, 4.69) is 4.98 Å². The fourth-order valence-electron chi connectivity index (χ4n) is 1.40. The average molecular weight is 280 g/mol. The molecule has 0 aliphatic carbocycles. The Morgan fingerprint density at radius 3 is 2.95 bits per heavy atom. The predicted octanol–water partition coefficient (Wildman–Crippen LogP) is 2.63. The van der Waals surface area contributed by atoms with E-state index in [1.54, 1.807) is 13.1 Å². The maximum Gasteiger partial charge on any atom is 0.266 e. The fourth-order valence-corrected chi connectivity index (χ4v) is 2.19. The first-order valence-corrected chi connectivity index (χ1v) is 6.51. The fraction of sp³-hybridized carbons (Fsp3) is 0.231. The minimum absolute atomic E-state index is 0.154. The zero-order valence-electron chi connectivity index (χ0n) is 10.6. The van der Waals surface area contributed by atoms with Gasteiger partial charge in [-0.15, -0.1) is 11.3 Å². The van der Waals surface area contributed by atoms with E-state index in [1.807, 2.05) is 12.3 Å². The van der Waals surface area contributed by atoms with Gasteiger partial charge in [0.05, 0.1) is 5.69 Å². The molecule has 0 atom stereocenters. The van der Waals surface area contributed by atoms with Crippen LogP contribution in [0.15, 0.2) is 29.6 Å². The molecule has 1 amide bonds. The molecule has 0 spiro atoms. The van der Waals surface area contributed by atoms with Gasteiger partial charge in [0.25, 0.3) is 5.91 Å². The Morgan fingerprint density at radius 2 is 2.32 bits per heavy atom. The van der Waals surface area contributed by atoms with Gasteiger partial charge in [-0.2, -0.15) is 0 Å². The highest BCUT2D eigenvalue weighted by atomic mass is 32.1. The summed E-state index contributed by atoms with van der Waals surface area (Å²) in [6, 6.07) is 5.69. The molecular formula is C13H13FN2O2S. The van der Waals surface area contributed by atoms with Crippen LogP contribution in [0.4, 0.5) is 9.52 Å². The van der Waals surface area contributed by atoms with Crippen molar-refractivity contribution in [1.29, 1.82) is 0 Å². The summed E-state index contributed by atoms with van der Waals surface area (Å²) in [5.41, 5.74) is 0.866. The van der Waals surface area contributed by atoms with Crippen molar-refractivity contribution in [2.75, 3.05) is 18.6 Å². The highest BCUT2D eigenvalue weighted by Crippen LogP contribution is 2.19. The monoisotopic (exact) mass is 280 g/mol. The Kier molecular flexibility index (Phi) is 4.11. The summed E-state index contributed by atoms with van der Waals surface area (Å²) in [6.45, 7) is 1.71. The molecule has 0 radical (unpaired) electrons. The molecule has 0 aliphatic rings. The van der Waals surface area contributed by atoms with Crippen LogP contribution in [0.1, 0.15) is 5.69 Å². The molecule has 1 heterocycles. The second kappa shape index (κ2) is 5.79. The van der Waals surface area contributed by atoms with Crippen LogP contribution in [0.3, 0.4) is 0 Å². The first-order chi connectivity index (χ1) is 9.06. The molecule has 4 nitrogen and oxygen atoms in total. The van der Waals surface area contributed by atoms with Crippen LogP contribution in [0.5, 0.6) is 5.75 Å². The molecular weight excluding hydrogens is 267 g/mol. The van der Waals surface area contributed by atoms with Crippen LogP contribution >= 0.6 is 11.3 Å². The molecule has 0 saturated carbocycles. The smallest absolute Gasteiger partial charge is 0.266 e. The number of hydrogen-bond donors (Lipinski definition) is 0. The Hall–Kier alpha value is -1.95. The number of rotatable bonds is 4. The lowest BCUT2D eigenvalue weighted by Gasteiger charge is -2.14. The minimum Gasteiger partial charge on any atom is -0.484 e. The van der Waals surface area contributed by atoms with Crippen LogP contribution in [-0.2, 0) is 4.79 Å². The summed E-state index contributed by atoms with van der Waals surface area (Å²) < 4.78 is 18.2. The third-order valence-electron chi connectivity index (χ3n) is 2.43. The zero-order chi connectivity index (χ0) is 13.8. The van der Waals surface area contributed by atoms with Gasteiger partial charge < -0.3 is 4.74 Å². The highest BCUT2D eigenvalue weighted by Gasteiger charge is 2.14. The molecule has 100 valence electrons. The Bertz CT molecular complexity index is 586. The third kappa shape index (κ3) is 3.51. The first-order valence-electron chi connectivity index (χ1n) is 5.63. The second-order valence-corrected chi connectivity index (χ2v) is 4.81. The van der Waals surface area contributed by atoms with Gasteiger partial charge in [-0.1, -0.05) is 6.07 Å². The summed E-state index contributed by atoms with van der Waals surface area (Å²) in [5, 5.41) is 2.48. The predicted molar refractivity (Wildman–Crippen MR) is 72.2 cm³/mol. The molecule has 0 unspecified atom stereocenters. The Balaban J connectivity index is 1.94. The van der Waals surface area contributed by atoms with Gasteiger partial charge in [-0.05, 0) is 19.1 Å². The largest absolute Gasteiger partial charge is 0.484 e. The molecule has 1 aromatic heterocycles. The maximum absolute atomic E-state index is 12.9. The Morgan fingerprint density at radius 1 is 1.53 bits per heavy atom. The number of ether oxygens (including phenoxy) is 1.